The van der Waals surface area contributed by atoms with Crippen LogP contribution < -0.4 is 15.4 Å². The lowest BCUT2D eigenvalue weighted by atomic mass is 9.93. The van der Waals surface area contributed by atoms with Crippen LogP contribution in [0.4, 0.5) is 17.6 Å². The van der Waals surface area contributed by atoms with Gasteiger partial charge in [-0.05, 0) is 69.5 Å². The first kappa shape index (κ1) is 25.2. The van der Waals surface area contributed by atoms with Crippen LogP contribution in [0, 0.1) is 11.7 Å². The molecule has 31 heavy (non-hydrogen) atoms. The summed E-state index contributed by atoms with van der Waals surface area (Å²) >= 11 is 0. The van der Waals surface area contributed by atoms with Crippen LogP contribution in [-0.4, -0.2) is 74.1 Å². The molecule has 1 heterocycles. The van der Waals surface area contributed by atoms with Gasteiger partial charge in [0.2, 0.25) is 0 Å². The predicted octanol–water partition coefficient (Wildman–Crippen LogP) is 2.78. The molecule has 1 saturated heterocycles. The van der Waals surface area contributed by atoms with E-state index in [0.29, 0.717) is 43.8 Å². The van der Waals surface area contributed by atoms with Crippen LogP contribution in [0.25, 0.3) is 0 Å². The third-order valence-electron chi connectivity index (χ3n) is 5.02. The number of benzene rings is 1. The molecule has 1 unspecified atom stereocenters. The van der Waals surface area contributed by atoms with Crippen LogP contribution in [0.3, 0.4) is 0 Å². The van der Waals surface area contributed by atoms with E-state index in [2.05, 4.69) is 15.6 Å². The number of hydrogen-bond acceptors (Lipinski definition) is 4. The first-order chi connectivity index (χ1) is 14.7. The Morgan fingerprint density at radius 3 is 2.52 bits per heavy atom. The van der Waals surface area contributed by atoms with Gasteiger partial charge in [0.1, 0.15) is 24.3 Å². The molecule has 0 spiro atoms. The van der Waals surface area contributed by atoms with Crippen LogP contribution in [0.2, 0.25) is 0 Å². The summed E-state index contributed by atoms with van der Waals surface area (Å²) in [5.74, 6) is 1.06. The largest absolute Gasteiger partial charge is 0.491 e. The average molecular weight is 449 g/mol. The molecule has 0 bridgehead atoms. The maximum atomic E-state index is 12.9. The number of ether oxygens (including phenoxy) is 1. The molecule has 0 aliphatic carbocycles. The van der Waals surface area contributed by atoms with Crippen molar-refractivity contribution in [2.24, 2.45) is 10.9 Å². The topological polar surface area (TPSA) is 69.1 Å². The number of hydrogen-bond donors (Lipinski definition) is 3. The Labute approximate surface area is 180 Å². The van der Waals surface area contributed by atoms with Gasteiger partial charge in [-0.2, -0.15) is 13.2 Å². The predicted molar refractivity (Wildman–Crippen MR) is 112 cm³/mol. The van der Waals surface area contributed by atoms with Crippen LogP contribution in [0.15, 0.2) is 29.3 Å². The van der Waals surface area contributed by atoms with E-state index in [-0.39, 0.29) is 19.0 Å². The molecular weight excluding hydrogens is 416 g/mol. The summed E-state index contributed by atoms with van der Waals surface area (Å²) in [6.07, 6.45) is -2.60. The third kappa shape index (κ3) is 10.7. The second-order valence-electron chi connectivity index (χ2n) is 7.69. The van der Waals surface area contributed by atoms with E-state index in [9.17, 15) is 22.7 Å². The highest BCUT2D eigenvalue weighted by molar-refractivity contribution is 5.79. The molecule has 1 fully saturated rings. The number of nitrogens with zero attached hydrogens (tertiary/aromatic N) is 2. The van der Waals surface area contributed by atoms with E-state index in [0.717, 1.165) is 19.3 Å². The fourth-order valence-corrected chi connectivity index (χ4v) is 3.40. The van der Waals surface area contributed by atoms with E-state index in [1.54, 1.807) is 0 Å². The molecule has 1 aliphatic heterocycles. The van der Waals surface area contributed by atoms with Crippen LogP contribution in [0.1, 0.15) is 26.2 Å². The molecule has 1 aromatic rings. The molecule has 0 saturated carbocycles. The van der Waals surface area contributed by atoms with Gasteiger partial charge in [0.15, 0.2) is 5.96 Å². The zero-order valence-electron chi connectivity index (χ0n) is 17.8. The minimum Gasteiger partial charge on any atom is -0.491 e. The van der Waals surface area contributed by atoms with Gasteiger partial charge in [0, 0.05) is 13.1 Å². The smallest absolute Gasteiger partial charge is 0.401 e. The number of rotatable bonds is 10. The molecule has 0 aromatic heterocycles. The molecule has 176 valence electrons. The summed E-state index contributed by atoms with van der Waals surface area (Å²) in [6.45, 7) is 3.51. The zero-order chi connectivity index (χ0) is 22.7. The van der Waals surface area contributed by atoms with Gasteiger partial charge in [-0.15, -0.1) is 0 Å². The molecule has 2 rings (SSSR count). The van der Waals surface area contributed by atoms with Crippen molar-refractivity contribution in [3.8, 4) is 5.75 Å². The molecule has 1 aliphatic rings. The number of likely N-dealkylation sites (tertiary alicyclic amines) is 1. The minimum absolute atomic E-state index is 0.0328. The van der Waals surface area contributed by atoms with Gasteiger partial charge < -0.3 is 20.5 Å². The molecular formula is C21H32F4N4O2. The quantitative estimate of drug-likeness (QED) is 0.292. The maximum Gasteiger partial charge on any atom is 0.401 e. The summed E-state index contributed by atoms with van der Waals surface area (Å²) in [4.78, 5) is 5.81. The standard InChI is InChI=1S/C21H32F4N4O2/c1-2-26-20(28-13-18(30)14-31-19-5-3-17(22)4-6-19)27-10-7-16-8-11-29(12-9-16)15-21(23,24)25/h3-6,16,18,30H,2,7-15H2,1H3,(H2,26,27,28). The molecule has 1 atom stereocenters. The first-order valence-corrected chi connectivity index (χ1v) is 10.6. The number of guanidine groups is 1. The number of nitrogens with one attached hydrogen (secondary N) is 2. The second kappa shape index (κ2) is 12.7. The summed E-state index contributed by atoms with van der Waals surface area (Å²) in [7, 11) is 0. The van der Waals surface area contributed by atoms with Gasteiger partial charge >= 0.3 is 6.18 Å². The molecule has 10 heteroatoms. The minimum atomic E-state index is -4.14. The van der Waals surface area contributed by atoms with Crippen LogP contribution >= 0.6 is 0 Å². The van der Waals surface area contributed by atoms with Gasteiger partial charge in [-0.1, -0.05) is 0 Å². The summed E-state index contributed by atoms with van der Waals surface area (Å²) < 4.78 is 55.7. The molecule has 0 amide bonds. The van der Waals surface area contributed by atoms with Crippen molar-refractivity contribution < 1.29 is 27.4 Å². The Balaban J connectivity index is 1.67. The van der Waals surface area contributed by atoms with Crippen molar-refractivity contribution >= 4 is 5.96 Å². The van der Waals surface area contributed by atoms with E-state index < -0.39 is 18.8 Å². The van der Waals surface area contributed by atoms with Crippen molar-refractivity contribution in [3.05, 3.63) is 30.1 Å². The highest BCUT2D eigenvalue weighted by Crippen LogP contribution is 2.23. The fourth-order valence-electron chi connectivity index (χ4n) is 3.40. The average Bonchev–Trinajstić information content (AvgIpc) is 2.72. The normalized spacial score (nSPS) is 17.4. The Kier molecular flexibility index (Phi) is 10.3. The Morgan fingerprint density at radius 1 is 1.23 bits per heavy atom. The summed E-state index contributed by atoms with van der Waals surface area (Å²) in [6, 6.07) is 5.55. The van der Waals surface area contributed by atoms with Crippen molar-refractivity contribution in [1.82, 2.24) is 15.5 Å². The fraction of sp³-hybridized carbons (Fsp3) is 0.667. The molecule has 0 radical (unpaired) electrons. The Morgan fingerprint density at radius 2 is 1.90 bits per heavy atom. The van der Waals surface area contributed by atoms with Gasteiger partial charge in [0.25, 0.3) is 0 Å². The lowest BCUT2D eigenvalue weighted by Gasteiger charge is -2.32. The summed E-state index contributed by atoms with van der Waals surface area (Å²) in [5.41, 5.74) is 0. The first-order valence-electron chi connectivity index (χ1n) is 10.6. The monoisotopic (exact) mass is 448 g/mol. The lowest BCUT2D eigenvalue weighted by molar-refractivity contribution is -0.148. The van der Waals surface area contributed by atoms with Crippen molar-refractivity contribution in [2.45, 2.75) is 38.5 Å². The lowest BCUT2D eigenvalue weighted by Crippen LogP contribution is -2.42. The number of halogens is 4. The van der Waals surface area contributed by atoms with Crippen molar-refractivity contribution in [1.29, 1.82) is 0 Å². The summed E-state index contributed by atoms with van der Waals surface area (Å²) in [5, 5.41) is 16.4. The van der Waals surface area contributed by atoms with Crippen LogP contribution in [-0.2, 0) is 0 Å². The zero-order valence-corrected chi connectivity index (χ0v) is 17.8. The van der Waals surface area contributed by atoms with E-state index in [4.69, 9.17) is 4.74 Å². The van der Waals surface area contributed by atoms with Crippen molar-refractivity contribution in [2.75, 3.05) is 45.9 Å². The maximum absolute atomic E-state index is 12.9. The SMILES string of the molecule is CCNC(=NCC(O)COc1ccc(F)cc1)NCCC1CCN(CC(F)(F)F)CC1. The molecule has 3 N–H and O–H groups in total. The highest BCUT2D eigenvalue weighted by Gasteiger charge is 2.32. The molecule has 1 aromatic carbocycles. The van der Waals surface area contributed by atoms with Crippen LogP contribution in [0.5, 0.6) is 5.75 Å². The third-order valence-corrected chi connectivity index (χ3v) is 5.02. The highest BCUT2D eigenvalue weighted by atomic mass is 19.4. The van der Waals surface area contributed by atoms with Gasteiger partial charge in [-0.3, -0.25) is 9.89 Å². The van der Waals surface area contributed by atoms with E-state index >= 15 is 0 Å². The molecule has 6 nitrogen and oxygen atoms in total. The second-order valence-corrected chi connectivity index (χ2v) is 7.69. The van der Waals surface area contributed by atoms with E-state index in [1.165, 1.54) is 29.2 Å². The van der Waals surface area contributed by atoms with Crippen molar-refractivity contribution in [3.63, 3.8) is 0 Å². The Hall–Kier alpha value is -2.07. The van der Waals surface area contributed by atoms with Gasteiger partial charge in [-0.25, -0.2) is 4.39 Å². The van der Waals surface area contributed by atoms with E-state index in [1.807, 2.05) is 6.92 Å². The number of aliphatic imine (C=N–C) groups is 1. The number of alkyl halides is 3. The number of aliphatic hydroxyl groups excluding tert-OH is 1. The number of aliphatic hydroxyl groups is 1. The Bertz CT molecular complexity index is 662. The number of piperidine rings is 1. The van der Waals surface area contributed by atoms with Gasteiger partial charge in [0.05, 0.1) is 13.1 Å².